The second-order valence-electron chi connectivity index (χ2n) is 7.89. The molecule has 0 bridgehead atoms. The zero-order chi connectivity index (χ0) is 22.9. The van der Waals surface area contributed by atoms with Gasteiger partial charge in [-0.25, -0.2) is 0 Å². The molecule has 0 radical (unpaired) electrons. The lowest BCUT2D eigenvalue weighted by Gasteiger charge is -2.27. The van der Waals surface area contributed by atoms with Crippen LogP contribution in [-0.4, -0.2) is 11.6 Å². The summed E-state index contributed by atoms with van der Waals surface area (Å²) < 4.78 is 0. The molecule has 0 amide bonds. The lowest BCUT2D eigenvalue weighted by Crippen LogP contribution is -2.27. The fraction of sp³-hybridized carbons (Fsp3) is 0.214. The summed E-state index contributed by atoms with van der Waals surface area (Å²) in [6.45, 7) is 1.94. The van der Waals surface area contributed by atoms with Crippen LogP contribution in [0.15, 0.2) is 84.9 Å². The van der Waals surface area contributed by atoms with Gasteiger partial charge < -0.3 is 0 Å². The van der Waals surface area contributed by atoms with Crippen LogP contribution in [0.2, 0.25) is 0 Å². The molecule has 32 heavy (non-hydrogen) atoms. The predicted octanol–water partition coefficient (Wildman–Crippen LogP) is 5.90. The number of aryl methyl sites for hydroxylation is 1. The van der Waals surface area contributed by atoms with Crippen LogP contribution in [0.1, 0.15) is 50.6 Å². The Kier molecular flexibility index (Phi) is 7.68. The van der Waals surface area contributed by atoms with Gasteiger partial charge in [0.1, 0.15) is 5.92 Å². The Labute approximate surface area is 188 Å². The van der Waals surface area contributed by atoms with Crippen LogP contribution in [0.3, 0.4) is 0 Å². The molecule has 3 aromatic rings. The summed E-state index contributed by atoms with van der Waals surface area (Å²) in [4.78, 5) is 26.7. The van der Waals surface area contributed by atoms with Crippen LogP contribution in [0.4, 0.5) is 0 Å². The summed E-state index contributed by atoms with van der Waals surface area (Å²) in [5, 5.41) is 18.9. The molecule has 3 rings (SSSR count). The zero-order valence-corrected chi connectivity index (χ0v) is 17.9. The van der Waals surface area contributed by atoms with Crippen molar-refractivity contribution in [3.05, 3.63) is 107 Å². The summed E-state index contributed by atoms with van der Waals surface area (Å²) in [6.07, 6.45) is 0.182. The van der Waals surface area contributed by atoms with E-state index in [1.807, 2.05) is 67.6 Å². The number of Topliss-reactive ketones (excluding diaryl/α,β-unsaturated/α-hetero) is 2. The highest BCUT2D eigenvalue weighted by Gasteiger charge is 2.34. The fourth-order valence-electron chi connectivity index (χ4n) is 3.91. The number of benzene rings is 3. The van der Waals surface area contributed by atoms with Crippen LogP contribution in [0, 0.1) is 41.4 Å². The first kappa shape index (κ1) is 22.7. The van der Waals surface area contributed by atoms with Crippen LogP contribution in [-0.2, 0) is 0 Å². The quantitative estimate of drug-likeness (QED) is 0.403. The van der Waals surface area contributed by atoms with Crippen molar-refractivity contribution < 1.29 is 9.59 Å². The van der Waals surface area contributed by atoms with E-state index in [4.69, 9.17) is 0 Å². The third kappa shape index (κ3) is 5.56. The van der Waals surface area contributed by atoms with Gasteiger partial charge in [0.05, 0.1) is 12.1 Å². The number of nitriles is 2. The van der Waals surface area contributed by atoms with Gasteiger partial charge in [-0.15, -0.1) is 0 Å². The van der Waals surface area contributed by atoms with Crippen LogP contribution >= 0.6 is 0 Å². The highest BCUT2D eigenvalue weighted by molar-refractivity contribution is 6.00. The van der Waals surface area contributed by atoms with Gasteiger partial charge >= 0.3 is 0 Å². The van der Waals surface area contributed by atoms with Crippen molar-refractivity contribution in [3.8, 4) is 12.1 Å². The average Bonchev–Trinajstić information content (AvgIpc) is 2.85. The molecular formula is C28H24N2O2. The number of hydrogen-bond donors (Lipinski definition) is 0. The molecule has 0 heterocycles. The molecule has 0 spiro atoms. The first-order chi connectivity index (χ1) is 15.5. The Morgan fingerprint density at radius 3 is 1.91 bits per heavy atom. The zero-order valence-electron chi connectivity index (χ0n) is 17.9. The highest BCUT2D eigenvalue weighted by Crippen LogP contribution is 2.36. The van der Waals surface area contributed by atoms with Crippen LogP contribution in [0.25, 0.3) is 0 Å². The summed E-state index contributed by atoms with van der Waals surface area (Å²) >= 11 is 0. The third-order valence-corrected chi connectivity index (χ3v) is 5.69. The van der Waals surface area contributed by atoms with Gasteiger partial charge in [0.2, 0.25) is 0 Å². The maximum Gasteiger partial charge on any atom is 0.166 e. The van der Waals surface area contributed by atoms with Gasteiger partial charge in [0, 0.05) is 29.4 Å². The molecule has 0 aliphatic heterocycles. The normalized spacial score (nSPS) is 12.4. The van der Waals surface area contributed by atoms with Crippen LogP contribution < -0.4 is 0 Å². The van der Waals surface area contributed by atoms with E-state index in [-0.39, 0.29) is 24.4 Å². The number of rotatable bonds is 9. The lowest BCUT2D eigenvalue weighted by atomic mass is 9.74. The van der Waals surface area contributed by atoms with Crippen molar-refractivity contribution in [3.63, 3.8) is 0 Å². The van der Waals surface area contributed by atoms with Crippen LogP contribution in [0.5, 0.6) is 0 Å². The molecule has 2 unspecified atom stereocenters. The van der Waals surface area contributed by atoms with Gasteiger partial charge in [0.15, 0.2) is 11.6 Å². The van der Waals surface area contributed by atoms with E-state index in [9.17, 15) is 20.1 Å². The van der Waals surface area contributed by atoms with E-state index in [1.165, 1.54) is 0 Å². The van der Waals surface area contributed by atoms with Crippen molar-refractivity contribution in [2.45, 2.75) is 25.7 Å². The van der Waals surface area contributed by atoms with E-state index in [1.54, 1.807) is 36.4 Å². The lowest BCUT2D eigenvalue weighted by molar-refractivity contribution is 0.0864. The minimum atomic E-state index is -0.938. The second-order valence-corrected chi connectivity index (χ2v) is 7.89. The van der Waals surface area contributed by atoms with Gasteiger partial charge in [-0.05, 0) is 18.9 Å². The first-order valence-electron chi connectivity index (χ1n) is 10.6. The number of nitrogens with zero attached hydrogens (tertiary/aromatic N) is 2. The third-order valence-electron chi connectivity index (χ3n) is 5.69. The molecule has 4 nitrogen and oxygen atoms in total. The topological polar surface area (TPSA) is 81.7 Å². The maximum atomic E-state index is 13.6. The Bertz CT molecular complexity index is 1130. The Morgan fingerprint density at radius 1 is 0.781 bits per heavy atom. The molecule has 0 saturated heterocycles. The van der Waals surface area contributed by atoms with E-state index in [2.05, 4.69) is 0 Å². The van der Waals surface area contributed by atoms with E-state index < -0.39 is 17.8 Å². The molecule has 2 atom stereocenters. The van der Waals surface area contributed by atoms with Gasteiger partial charge in [-0.3, -0.25) is 9.59 Å². The maximum absolute atomic E-state index is 13.6. The second kappa shape index (κ2) is 10.8. The highest BCUT2D eigenvalue weighted by atomic mass is 16.1. The van der Waals surface area contributed by atoms with Crippen molar-refractivity contribution in [1.82, 2.24) is 0 Å². The molecule has 0 aromatic heterocycles. The van der Waals surface area contributed by atoms with E-state index >= 15 is 0 Å². The number of carbonyl (C=O) groups excluding carboxylic acids is 2. The van der Waals surface area contributed by atoms with Crippen molar-refractivity contribution in [2.75, 3.05) is 0 Å². The number of hydrogen-bond acceptors (Lipinski definition) is 4. The SMILES string of the molecule is Cc1ccc(C(=O)C(CC(C#N)C#N)C(CC(=O)c2ccccc2)c2ccccc2)cc1. The summed E-state index contributed by atoms with van der Waals surface area (Å²) in [7, 11) is 0. The minimum absolute atomic E-state index is 0.0708. The van der Waals surface area contributed by atoms with Gasteiger partial charge in [-0.1, -0.05) is 90.5 Å². The molecule has 0 aliphatic carbocycles. The standard InChI is InChI=1S/C28H24N2O2/c1-20-12-14-24(15-13-20)28(32)26(16-21(18-29)19-30)25(22-8-4-2-5-9-22)17-27(31)23-10-6-3-7-11-23/h2-15,21,25-26H,16-17H2,1H3. The van der Waals surface area contributed by atoms with Crippen molar-refractivity contribution in [2.24, 2.45) is 11.8 Å². The van der Waals surface area contributed by atoms with Crippen molar-refractivity contribution >= 4 is 11.6 Å². The first-order valence-corrected chi connectivity index (χ1v) is 10.6. The van der Waals surface area contributed by atoms with E-state index in [0.29, 0.717) is 11.1 Å². The summed E-state index contributed by atoms with van der Waals surface area (Å²) in [5.41, 5.74) is 2.97. The molecule has 4 heteroatoms. The smallest absolute Gasteiger partial charge is 0.166 e. The molecular weight excluding hydrogens is 396 g/mol. The Hall–Kier alpha value is -4.02. The largest absolute Gasteiger partial charge is 0.294 e. The molecule has 3 aromatic carbocycles. The Balaban J connectivity index is 2.04. The molecule has 0 saturated carbocycles. The predicted molar refractivity (Wildman–Crippen MR) is 123 cm³/mol. The minimum Gasteiger partial charge on any atom is -0.294 e. The molecule has 0 aliphatic rings. The average molecular weight is 421 g/mol. The summed E-state index contributed by atoms with van der Waals surface area (Å²) in [6, 6.07) is 29.6. The monoisotopic (exact) mass is 420 g/mol. The molecule has 158 valence electrons. The number of ketones is 2. The van der Waals surface area contributed by atoms with Gasteiger partial charge in [-0.2, -0.15) is 10.5 Å². The molecule has 0 fully saturated rings. The fourth-order valence-corrected chi connectivity index (χ4v) is 3.91. The van der Waals surface area contributed by atoms with Crippen molar-refractivity contribution in [1.29, 1.82) is 10.5 Å². The Morgan fingerprint density at radius 2 is 1.34 bits per heavy atom. The summed E-state index contributed by atoms with van der Waals surface area (Å²) in [5.74, 6) is -2.31. The van der Waals surface area contributed by atoms with Gasteiger partial charge in [0.25, 0.3) is 0 Å². The van der Waals surface area contributed by atoms with E-state index in [0.717, 1.165) is 11.1 Å². The number of carbonyl (C=O) groups is 2. The molecule has 0 N–H and O–H groups in total.